The average molecular weight is 943 g/mol. The Labute approximate surface area is 424 Å². The van der Waals surface area contributed by atoms with Crippen molar-refractivity contribution in [3.05, 3.63) is 255 Å². The molecule has 0 radical (unpaired) electrons. The van der Waals surface area contributed by atoms with Crippen LogP contribution >= 0.6 is 0 Å². The molecule has 74 heavy (non-hydrogen) atoms. The van der Waals surface area contributed by atoms with Crippen LogP contribution in [0.1, 0.15) is 0 Å². The first-order valence-electron chi connectivity index (χ1n) is 25.2. The van der Waals surface area contributed by atoms with E-state index in [1.165, 1.54) is 49.0 Å². The minimum absolute atomic E-state index is 0.621. The molecule has 0 atom stereocenters. The van der Waals surface area contributed by atoms with E-state index in [4.69, 9.17) is 9.97 Å². The molecule has 0 saturated carbocycles. The fraction of sp³-hybridized carbons (Fsp3) is 0. The number of hydrogen-bond acceptors (Lipinski definition) is 2. The van der Waals surface area contributed by atoms with Gasteiger partial charge in [0, 0.05) is 59.9 Å². The number of nitrogens with zero attached hydrogens (tertiary/aromatic N) is 6. The van der Waals surface area contributed by atoms with Crippen LogP contribution in [-0.4, -0.2) is 28.2 Å². The highest BCUT2D eigenvalue weighted by atomic mass is 15.2. The summed E-state index contributed by atoms with van der Waals surface area (Å²) in [5, 5.41) is 10.6. The van der Waals surface area contributed by atoms with E-state index in [0.717, 1.165) is 88.6 Å². The first-order valence-corrected chi connectivity index (χ1v) is 25.2. The summed E-state index contributed by atoms with van der Waals surface area (Å²) in [6.45, 7) is 0. The van der Waals surface area contributed by atoms with Crippen molar-refractivity contribution in [2.45, 2.75) is 0 Å². The molecule has 0 spiro atoms. The van der Waals surface area contributed by atoms with Gasteiger partial charge in [-0.1, -0.05) is 158 Å². The van der Waals surface area contributed by atoms with E-state index in [1.807, 2.05) is 0 Å². The summed E-state index contributed by atoms with van der Waals surface area (Å²) in [6, 6.07) is 92.1. The molecule has 0 amide bonds. The molecule has 11 aromatic carbocycles. The maximum Gasteiger partial charge on any atom is 0.237 e. The van der Waals surface area contributed by atoms with Crippen molar-refractivity contribution in [3.63, 3.8) is 0 Å². The minimum atomic E-state index is 0.621. The van der Waals surface area contributed by atoms with Crippen LogP contribution in [0.4, 0.5) is 0 Å². The molecule has 6 heteroatoms. The predicted octanol–water partition coefficient (Wildman–Crippen LogP) is 17.4. The zero-order valence-corrected chi connectivity index (χ0v) is 39.9. The summed E-state index contributed by atoms with van der Waals surface area (Å²) in [4.78, 5) is 11.0. The van der Waals surface area contributed by atoms with Crippen LogP contribution < -0.4 is 0 Å². The van der Waals surface area contributed by atoms with Crippen molar-refractivity contribution in [1.29, 1.82) is 0 Å². The maximum atomic E-state index is 5.64. The number of rotatable bonds is 6. The number of para-hydroxylation sites is 7. The van der Waals surface area contributed by atoms with Crippen molar-refractivity contribution >= 4 is 98.1 Å². The molecular formula is C68H42N6. The summed E-state index contributed by atoms with van der Waals surface area (Å²) in [5.74, 6) is 1.46. The Morgan fingerprint density at radius 2 is 0.568 bits per heavy atom. The summed E-state index contributed by atoms with van der Waals surface area (Å²) < 4.78 is 9.36. The standard InChI is InChI=1S/C68H42N6/c1-3-17-47(18-4-1)71-59-27-13-8-21-49(59)53-35-31-45(41-65(53)71)43-33-37-63-56(39-43)51-23-10-15-29-61(51)73(63)67-55-25-7-12-26-58(55)69-68(70-67)74-62-30-16-11-24-52(62)57-40-44(34-38-64(57)74)46-32-36-54-50-22-9-14-28-60(50)72(66(54)42-46)48-19-5-2-6-20-48/h1-42H. The number of aromatic nitrogens is 6. The molecular weight excluding hydrogens is 901 g/mol. The highest BCUT2D eigenvalue weighted by Crippen LogP contribution is 2.42. The van der Waals surface area contributed by atoms with E-state index < -0.39 is 0 Å². The Balaban J connectivity index is 0.865. The smallest absolute Gasteiger partial charge is 0.237 e. The van der Waals surface area contributed by atoms with E-state index in [0.29, 0.717) is 5.95 Å². The first-order chi connectivity index (χ1) is 36.7. The summed E-state index contributed by atoms with van der Waals surface area (Å²) >= 11 is 0. The van der Waals surface area contributed by atoms with E-state index >= 15 is 0 Å². The van der Waals surface area contributed by atoms with Gasteiger partial charge in [0.25, 0.3) is 0 Å². The molecule has 0 saturated heterocycles. The zero-order chi connectivity index (χ0) is 48.4. The molecule has 0 N–H and O–H groups in total. The van der Waals surface area contributed by atoms with Gasteiger partial charge < -0.3 is 9.13 Å². The van der Waals surface area contributed by atoms with E-state index in [-0.39, 0.29) is 0 Å². The molecule has 0 aliphatic heterocycles. The highest BCUT2D eigenvalue weighted by molar-refractivity contribution is 6.15. The van der Waals surface area contributed by atoms with Gasteiger partial charge in [0.2, 0.25) is 5.95 Å². The van der Waals surface area contributed by atoms with Crippen LogP contribution in [0.25, 0.3) is 144 Å². The molecule has 0 aliphatic carbocycles. The third-order valence-electron chi connectivity index (χ3n) is 15.4. The van der Waals surface area contributed by atoms with Crippen LogP contribution in [0.15, 0.2) is 255 Å². The SMILES string of the molecule is c1ccc(-n2c3ccccc3c3ccc(-c4ccc5c(c4)c4ccccc4n5-c4nc(-n5c6ccccc6c6cc(-c7ccc8c9ccccc9n(-c9ccccc9)c8c7)ccc65)c5ccccc5n4)cc32)cc1. The van der Waals surface area contributed by atoms with E-state index in [1.54, 1.807) is 0 Å². The quantitative estimate of drug-likeness (QED) is 0.167. The molecule has 0 bridgehead atoms. The Bertz CT molecular complexity index is 4960. The highest BCUT2D eigenvalue weighted by Gasteiger charge is 2.22. The van der Waals surface area contributed by atoms with Gasteiger partial charge in [-0.05, 0) is 119 Å². The van der Waals surface area contributed by atoms with Gasteiger partial charge in [0.1, 0.15) is 0 Å². The second-order valence-electron chi connectivity index (χ2n) is 19.4. The van der Waals surface area contributed by atoms with E-state index in [9.17, 15) is 0 Å². The molecule has 16 rings (SSSR count). The Kier molecular flexibility index (Phi) is 8.64. The van der Waals surface area contributed by atoms with Gasteiger partial charge >= 0.3 is 0 Å². The lowest BCUT2D eigenvalue weighted by Gasteiger charge is -2.14. The van der Waals surface area contributed by atoms with Gasteiger partial charge in [0.15, 0.2) is 5.82 Å². The molecule has 6 nitrogen and oxygen atoms in total. The van der Waals surface area contributed by atoms with Gasteiger partial charge in [-0.3, -0.25) is 9.13 Å². The van der Waals surface area contributed by atoms with Crippen molar-refractivity contribution in [3.8, 4) is 45.4 Å². The Hall–Kier alpha value is -10.0. The Morgan fingerprint density at radius 1 is 0.216 bits per heavy atom. The van der Waals surface area contributed by atoms with Crippen LogP contribution in [0.3, 0.4) is 0 Å². The largest absolute Gasteiger partial charge is 0.309 e. The van der Waals surface area contributed by atoms with Crippen molar-refractivity contribution in [2.75, 3.05) is 0 Å². The topological polar surface area (TPSA) is 45.5 Å². The lowest BCUT2D eigenvalue weighted by molar-refractivity contribution is 0.972. The third kappa shape index (κ3) is 5.94. The van der Waals surface area contributed by atoms with Crippen LogP contribution in [0.5, 0.6) is 0 Å². The van der Waals surface area contributed by atoms with Crippen molar-refractivity contribution in [2.24, 2.45) is 0 Å². The molecule has 0 fully saturated rings. The lowest BCUT2D eigenvalue weighted by atomic mass is 10.0. The minimum Gasteiger partial charge on any atom is -0.309 e. The Morgan fingerprint density at radius 3 is 1.08 bits per heavy atom. The number of fused-ring (bicyclic) bond motifs is 13. The normalized spacial score (nSPS) is 12.1. The summed E-state index contributed by atoms with van der Waals surface area (Å²) in [5.41, 5.74) is 16.8. The monoisotopic (exact) mass is 942 g/mol. The van der Waals surface area contributed by atoms with Gasteiger partial charge in [-0.2, -0.15) is 4.98 Å². The van der Waals surface area contributed by atoms with Crippen LogP contribution in [-0.2, 0) is 0 Å². The van der Waals surface area contributed by atoms with Crippen LogP contribution in [0.2, 0.25) is 0 Å². The molecule has 0 unspecified atom stereocenters. The number of hydrogen-bond donors (Lipinski definition) is 0. The third-order valence-corrected chi connectivity index (χ3v) is 15.4. The van der Waals surface area contributed by atoms with Crippen molar-refractivity contribution < 1.29 is 0 Å². The maximum absolute atomic E-state index is 5.64. The lowest BCUT2D eigenvalue weighted by Crippen LogP contribution is -2.07. The first kappa shape index (κ1) is 40.7. The molecule has 344 valence electrons. The fourth-order valence-corrected chi connectivity index (χ4v) is 12.1. The van der Waals surface area contributed by atoms with Crippen molar-refractivity contribution in [1.82, 2.24) is 28.2 Å². The van der Waals surface area contributed by atoms with Gasteiger partial charge in [-0.25, -0.2) is 4.98 Å². The van der Waals surface area contributed by atoms with Crippen LogP contribution in [0, 0.1) is 0 Å². The zero-order valence-electron chi connectivity index (χ0n) is 39.9. The summed E-state index contributed by atoms with van der Waals surface area (Å²) in [7, 11) is 0. The second kappa shape index (κ2) is 15.7. The number of benzene rings is 11. The van der Waals surface area contributed by atoms with Gasteiger partial charge in [0.05, 0.1) is 49.7 Å². The molecule has 0 aliphatic rings. The second-order valence-corrected chi connectivity index (χ2v) is 19.4. The molecule has 5 heterocycles. The average Bonchev–Trinajstić information content (AvgIpc) is 4.19. The predicted molar refractivity (Wildman–Crippen MR) is 308 cm³/mol. The fourth-order valence-electron chi connectivity index (χ4n) is 12.1. The molecule has 16 aromatic rings. The molecule has 5 aromatic heterocycles. The summed E-state index contributed by atoms with van der Waals surface area (Å²) in [6.07, 6.45) is 0. The van der Waals surface area contributed by atoms with Gasteiger partial charge in [-0.15, -0.1) is 0 Å². The van der Waals surface area contributed by atoms with E-state index in [2.05, 4.69) is 273 Å².